The summed E-state index contributed by atoms with van der Waals surface area (Å²) in [5.41, 5.74) is 0. The summed E-state index contributed by atoms with van der Waals surface area (Å²) in [5, 5.41) is 3.13. The number of likely N-dealkylation sites (tertiary alicyclic amines) is 1. The van der Waals surface area contributed by atoms with Crippen molar-refractivity contribution >= 4 is 6.03 Å². The number of hydrogen-bond donors (Lipinski definition) is 1. The highest BCUT2D eigenvalue weighted by atomic mass is 16.2. The van der Waals surface area contributed by atoms with Gasteiger partial charge in [0.15, 0.2) is 0 Å². The molecule has 0 aromatic carbocycles. The minimum absolute atomic E-state index is 0.176. The van der Waals surface area contributed by atoms with Crippen molar-refractivity contribution in [3.05, 3.63) is 0 Å². The second kappa shape index (κ2) is 8.44. The van der Waals surface area contributed by atoms with Crippen molar-refractivity contribution in [1.82, 2.24) is 10.2 Å². The molecule has 0 aromatic rings. The van der Waals surface area contributed by atoms with E-state index in [-0.39, 0.29) is 6.03 Å². The molecule has 2 fully saturated rings. The van der Waals surface area contributed by atoms with Gasteiger partial charge < -0.3 is 10.2 Å². The van der Waals surface area contributed by atoms with E-state index in [9.17, 15) is 4.79 Å². The Labute approximate surface area is 118 Å². The van der Waals surface area contributed by atoms with Crippen LogP contribution in [0.2, 0.25) is 0 Å². The van der Waals surface area contributed by atoms with Crippen molar-refractivity contribution in [1.29, 1.82) is 0 Å². The predicted octanol–water partition coefficient (Wildman–Crippen LogP) is 3.93. The van der Waals surface area contributed by atoms with E-state index < -0.39 is 0 Å². The zero-order valence-electron chi connectivity index (χ0n) is 12.3. The molecule has 1 aliphatic carbocycles. The molecule has 110 valence electrons. The van der Waals surface area contributed by atoms with Crippen LogP contribution in [0.25, 0.3) is 0 Å². The largest absolute Gasteiger partial charge is 0.338 e. The van der Waals surface area contributed by atoms with Crippen LogP contribution in [0.3, 0.4) is 0 Å². The average Bonchev–Trinajstić information content (AvgIpc) is 2.83. The number of nitrogens with one attached hydrogen (secondary N) is 1. The Morgan fingerprint density at radius 2 is 1.47 bits per heavy atom. The predicted molar refractivity (Wildman–Crippen MR) is 79.2 cm³/mol. The quantitative estimate of drug-likeness (QED) is 0.771. The van der Waals surface area contributed by atoms with E-state index in [0.717, 1.165) is 25.6 Å². The average molecular weight is 266 g/mol. The molecule has 0 bridgehead atoms. The van der Waals surface area contributed by atoms with E-state index in [1.165, 1.54) is 70.6 Å². The van der Waals surface area contributed by atoms with Gasteiger partial charge in [-0.1, -0.05) is 51.4 Å². The van der Waals surface area contributed by atoms with Crippen LogP contribution in [0, 0.1) is 5.92 Å². The van der Waals surface area contributed by atoms with Gasteiger partial charge in [0.2, 0.25) is 0 Å². The Hall–Kier alpha value is -0.730. The van der Waals surface area contributed by atoms with Crippen LogP contribution >= 0.6 is 0 Å². The van der Waals surface area contributed by atoms with Crippen LogP contribution in [-0.4, -0.2) is 30.6 Å². The first-order valence-electron chi connectivity index (χ1n) is 8.39. The first-order valence-corrected chi connectivity index (χ1v) is 8.39. The minimum Gasteiger partial charge on any atom is -0.338 e. The fourth-order valence-electron chi connectivity index (χ4n) is 3.42. The first-order chi connectivity index (χ1) is 9.36. The summed E-state index contributed by atoms with van der Waals surface area (Å²) >= 11 is 0. The third-order valence-electron chi connectivity index (χ3n) is 4.70. The monoisotopic (exact) mass is 266 g/mol. The molecule has 2 amide bonds. The summed E-state index contributed by atoms with van der Waals surface area (Å²) in [6.07, 6.45) is 14.5. The lowest BCUT2D eigenvalue weighted by atomic mass is 9.97. The highest BCUT2D eigenvalue weighted by Gasteiger charge is 2.16. The number of hydrogen-bond acceptors (Lipinski definition) is 1. The number of amides is 2. The number of urea groups is 1. The molecule has 0 aromatic heterocycles. The molecule has 1 heterocycles. The Bertz CT molecular complexity index is 251. The fourth-order valence-corrected chi connectivity index (χ4v) is 3.42. The van der Waals surface area contributed by atoms with Gasteiger partial charge in [0.1, 0.15) is 0 Å². The normalized spacial score (nSPS) is 22.6. The highest BCUT2D eigenvalue weighted by Crippen LogP contribution is 2.24. The number of nitrogens with zero attached hydrogens (tertiary/aromatic N) is 1. The first kappa shape index (κ1) is 14.7. The smallest absolute Gasteiger partial charge is 0.317 e. The summed E-state index contributed by atoms with van der Waals surface area (Å²) < 4.78 is 0. The van der Waals surface area contributed by atoms with Crippen molar-refractivity contribution in [2.45, 2.75) is 70.6 Å². The van der Waals surface area contributed by atoms with Gasteiger partial charge in [-0.05, 0) is 25.2 Å². The molecule has 2 aliphatic rings. The summed E-state index contributed by atoms with van der Waals surface area (Å²) in [4.78, 5) is 14.1. The van der Waals surface area contributed by atoms with Crippen LogP contribution in [0.1, 0.15) is 70.6 Å². The van der Waals surface area contributed by atoms with Crippen molar-refractivity contribution in [2.24, 2.45) is 5.92 Å². The zero-order chi connectivity index (χ0) is 13.3. The topological polar surface area (TPSA) is 32.3 Å². The van der Waals surface area contributed by atoms with Crippen LogP contribution in [0.4, 0.5) is 4.79 Å². The van der Waals surface area contributed by atoms with Gasteiger partial charge in [-0.15, -0.1) is 0 Å². The van der Waals surface area contributed by atoms with Crippen molar-refractivity contribution in [3.63, 3.8) is 0 Å². The van der Waals surface area contributed by atoms with Gasteiger partial charge in [-0.3, -0.25) is 0 Å². The van der Waals surface area contributed by atoms with E-state index >= 15 is 0 Å². The Kier molecular flexibility index (Phi) is 6.52. The molecule has 19 heavy (non-hydrogen) atoms. The summed E-state index contributed by atoms with van der Waals surface area (Å²) in [6, 6.07) is 0.176. The molecule has 1 saturated heterocycles. The maximum Gasteiger partial charge on any atom is 0.317 e. The lowest BCUT2D eigenvalue weighted by Crippen LogP contribution is -2.41. The lowest BCUT2D eigenvalue weighted by Gasteiger charge is -2.21. The molecule has 0 atom stereocenters. The summed E-state index contributed by atoms with van der Waals surface area (Å²) in [5.74, 6) is 0.854. The molecule has 1 aliphatic heterocycles. The maximum atomic E-state index is 12.1. The van der Waals surface area contributed by atoms with E-state index in [0.29, 0.717) is 0 Å². The standard InChI is InChI=1S/C16H30N2O/c19-16(18-13-7-3-4-8-14-18)17-12-11-15-9-5-1-2-6-10-15/h15H,1-14H2,(H,17,19). The van der Waals surface area contributed by atoms with E-state index in [4.69, 9.17) is 0 Å². The maximum absolute atomic E-state index is 12.1. The van der Waals surface area contributed by atoms with Gasteiger partial charge in [0, 0.05) is 19.6 Å². The second-order valence-corrected chi connectivity index (χ2v) is 6.28. The van der Waals surface area contributed by atoms with E-state index in [1.54, 1.807) is 0 Å². The molecular weight excluding hydrogens is 236 g/mol. The zero-order valence-corrected chi connectivity index (χ0v) is 12.3. The molecule has 3 heteroatoms. The summed E-state index contributed by atoms with van der Waals surface area (Å²) in [7, 11) is 0. The van der Waals surface area contributed by atoms with Gasteiger partial charge in [-0.25, -0.2) is 4.79 Å². The third-order valence-corrected chi connectivity index (χ3v) is 4.70. The lowest BCUT2D eigenvalue weighted by molar-refractivity contribution is 0.199. The molecule has 0 spiro atoms. The number of carbonyl (C=O) groups is 1. The van der Waals surface area contributed by atoms with Crippen LogP contribution < -0.4 is 5.32 Å². The Balaban J connectivity index is 1.62. The molecule has 3 nitrogen and oxygen atoms in total. The van der Waals surface area contributed by atoms with Crippen molar-refractivity contribution in [3.8, 4) is 0 Å². The summed E-state index contributed by atoms with van der Waals surface area (Å²) in [6.45, 7) is 2.78. The van der Waals surface area contributed by atoms with Crippen LogP contribution in [-0.2, 0) is 0 Å². The van der Waals surface area contributed by atoms with Crippen LogP contribution in [0.15, 0.2) is 0 Å². The minimum atomic E-state index is 0.176. The Morgan fingerprint density at radius 1 is 0.895 bits per heavy atom. The SMILES string of the molecule is O=C(NCCC1CCCCCC1)N1CCCCCC1. The molecule has 1 N–H and O–H groups in total. The van der Waals surface area contributed by atoms with E-state index in [2.05, 4.69) is 5.32 Å². The highest BCUT2D eigenvalue weighted by molar-refractivity contribution is 5.74. The molecule has 0 unspecified atom stereocenters. The molecular formula is C16H30N2O. The number of carbonyl (C=O) groups excluding carboxylic acids is 1. The van der Waals surface area contributed by atoms with Gasteiger partial charge >= 0.3 is 6.03 Å². The van der Waals surface area contributed by atoms with Crippen molar-refractivity contribution < 1.29 is 4.79 Å². The van der Waals surface area contributed by atoms with Crippen molar-refractivity contribution in [2.75, 3.05) is 19.6 Å². The third kappa shape index (κ3) is 5.42. The molecule has 1 saturated carbocycles. The van der Waals surface area contributed by atoms with Crippen LogP contribution in [0.5, 0.6) is 0 Å². The molecule has 0 radical (unpaired) electrons. The number of rotatable bonds is 3. The fraction of sp³-hybridized carbons (Fsp3) is 0.938. The second-order valence-electron chi connectivity index (χ2n) is 6.28. The molecule has 2 rings (SSSR count). The van der Waals surface area contributed by atoms with Gasteiger partial charge in [0.25, 0.3) is 0 Å². The van der Waals surface area contributed by atoms with Gasteiger partial charge in [0.05, 0.1) is 0 Å². The Morgan fingerprint density at radius 3 is 2.11 bits per heavy atom. The van der Waals surface area contributed by atoms with Gasteiger partial charge in [-0.2, -0.15) is 0 Å². The van der Waals surface area contributed by atoms with E-state index in [1.807, 2.05) is 4.90 Å².